The van der Waals surface area contributed by atoms with E-state index in [0.717, 1.165) is 31.7 Å². The number of amides is 2. The first-order chi connectivity index (χ1) is 14.1. The molecule has 0 unspecified atom stereocenters. The maximum absolute atomic E-state index is 11.0. The van der Waals surface area contributed by atoms with Gasteiger partial charge in [0.2, 0.25) is 0 Å². The third kappa shape index (κ3) is 17.9. The summed E-state index contributed by atoms with van der Waals surface area (Å²) < 4.78 is 19.0. The minimum Gasteiger partial charge on any atom is -0.373 e. The molecule has 0 radical (unpaired) electrons. The molecule has 0 aromatic carbocycles. The molecule has 0 heterocycles. The van der Waals surface area contributed by atoms with Gasteiger partial charge in [-0.05, 0) is 25.7 Å². The molecule has 174 valence electrons. The average molecular weight is 433 g/mol. The summed E-state index contributed by atoms with van der Waals surface area (Å²) in [6.07, 6.45) is 14.7. The Hall–Kier alpha value is -0.633. The van der Waals surface area contributed by atoms with E-state index in [9.17, 15) is 4.79 Å². The molecule has 0 aromatic rings. The van der Waals surface area contributed by atoms with Crippen molar-refractivity contribution in [2.24, 2.45) is 5.73 Å². The van der Waals surface area contributed by atoms with Crippen molar-refractivity contribution in [1.82, 2.24) is 5.32 Å². The van der Waals surface area contributed by atoms with Gasteiger partial charge >= 0.3 is 14.8 Å². The fourth-order valence-corrected chi connectivity index (χ4v) is 5.79. The highest BCUT2D eigenvalue weighted by molar-refractivity contribution is 6.60. The van der Waals surface area contributed by atoms with E-state index in [1.54, 1.807) is 0 Å². The van der Waals surface area contributed by atoms with Crippen LogP contribution in [0.5, 0.6) is 0 Å². The highest BCUT2D eigenvalue weighted by Crippen LogP contribution is 2.21. The van der Waals surface area contributed by atoms with Crippen LogP contribution in [0.25, 0.3) is 0 Å². The first kappa shape index (κ1) is 28.4. The van der Waals surface area contributed by atoms with Crippen molar-refractivity contribution >= 4 is 14.8 Å². The summed E-state index contributed by atoms with van der Waals surface area (Å²) in [4.78, 5) is 11.0. The Labute approximate surface area is 181 Å². The van der Waals surface area contributed by atoms with E-state index in [0.29, 0.717) is 26.4 Å². The molecule has 2 amide bonds. The zero-order chi connectivity index (χ0) is 21.6. The van der Waals surface area contributed by atoms with Crippen molar-refractivity contribution in [3.05, 3.63) is 0 Å². The molecule has 3 N–H and O–H groups in total. The molecule has 0 atom stereocenters. The number of hydrogen-bond acceptors (Lipinski definition) is 4. The van der Waals surface area contributed by atoms with Crippen LogP contribution in [0.2, 0.25) is 6.04 Å². The summed E-state index contributed by atoms with van der Waals surface area (Å²) in [7, 11) is -2.74. The van der Waals surface area contributed by atoms with Gasteiger partial charge < -0.3 is 24.3 Å². The molecule has 0 aliphatic rings. The predicted molar refractivity (Wildman–Crippen MR) is 123 cm³/mol. The second-order valence-corrected chi connectivity index (χ2v) is 10.5. The van der Waals surface area contributed by atoms with Gasteiger partial charge in [0.1, 0.15) is 0 Å². The van der Waals surface area contributed by atoms with Crippen molar-refractivity contribution < 1.29 is 18.1 Å². The number of primary amides is 1. The second kappa shape index (κ2) is 20.6. The monoisotopic (exact) mass is 432 g/mol. The lowest BCUT2D eigenvalue weighted by atomic mass is 10.2. The smallest absolute Gasteiger partial charge is 0.373 e. The van der Waals surface area contributed by atoms with Crippen LogP contribution in [0.1, 0.15) is 104 Å². The summed E-state index contributed by atoms with van der Waals surface area (Å²) in [5, 5.41) is 2.66. The second-order valence-electron chi connectivity index (χ2n) is 7.80. The molecule has 0 aliphatic carbocycles. The molecule has 0 aliphatic heterocycles. The van der Waals surface area contributed by atoms with Crippen LogP contribution >= 0.6 is 0 Å². The zero-order valence-electron chi connectivity index (χ0n) is 19.4. The van der Waals surface area contributed by atoms with Gasteiger partial charge in [0.15, 0.2) is 0 Å². The van der Waals surface area contributed by atoms with E-state index in [2.05, 4.69) is 26.1 Å². The van der Waals surface area contributed by atoms with Crippen molar-refractivity contribution in [2.75, 3.05) is 26.4 Å². The molecule has 0 rings (SSSR count). The van der Waals surface area contributed by atoms with Gasteiger partial charge in [0.25, 0.3) is 0 Å². The summed E-state index contributed by atoms with van der Waals surface area (Å²) in [5.74, 6) is 0. The summed E-state index contributed by atoms with van der Waals surface area (Å²) in [6, 6.07) is 0.238. The highest BCUT2D eigenvalue weighted by atomic mass is 28.4. The number of nitrogens with two attached hydrogens (primary N) is 1. The third-order valence-electron chi connectivity index (χ3n) is 4.92. The Kier molecular flexibility index (Phi) is 20.2. The van der Waals surface area contributed by atoms with Crippen molar-refractivity contribution in [3.8, 4) is 0 Å². The minimum atomic E-state index is -2.74. The van der Waals surface area contributed by atoms with Crippen molar-refractivity contribution in [3.63, 3.8) is 0 Å². The highest BCUT2D eigenvalue weighted by Gasteiger charge is 2.40. The van der Waals surface area contributed by atoms with Gasteiger partial charge in [-0.3, -0.25) is 0 Å². The lowest BCUT2D eigenvalue weighted by molar-refractivity contribution is 0.0548. The number of unbranched alkanes of at least 4 members (excludes halogenated alkanes) is 9. The number of urea groups is 1. The Morgan fingerprint density at radius 2 is 1.10 bits per heavy atom. The van der Waals surface area contributed by atoms with Crippen LogP contribution in [-0.2, 0) is 13.3 Å². The normalized spacial score (nSPS) is 11.7. The Morgan fingerprint density at radius 1 is 0.690 bits per heavy atom. The van der Waals surface area contributed by atoms with E-state index in [-0.39, 0.29) is 0 Å². The molecule has 0 saturated carbocycles. The SMILES string of the molecule is CCCCCCO[Si](CCCNC(N)=O)(OCCCCCC)OCCCCCC. The maximum Gasteiger partial charge on any atom is 0.501 e. The van der Waals surface area contributed by atoms with E-state index in [1.165, 1.54) is 57.8 Å². The van der Waals surface area contributed by atoms with Crippen molar-refractivity contribution in [1.29, 1.82) is 0 Å². The molecule has 0 bridgehead atoms. The van der Waals surface area contributed by atoms with Gasteiger partial charge in [-0.1, -0.05) is 78.6 Å². The number of rotatable bonds is 22. The molecule has 0 spiro atoms. The van der Waals surface area contributed by atoms with Crippen LogP contribution in [0.3, 0.4) is 0 Å². The predicted octanol–water partition coefficient (Wildman–Crippen LogP) is 5.77. The van der Waals surface area contributed by atoms with Crippen LogP contribution in [-0.4, -0.2) is 41.2 Å². The first-order valence-electron chi connectivity index (χ1n) is 12.0. The molecular formula is C22H48N2O4Si. The topological polar surface area (TPSA) is 82.8 Å². The minimum absolute atomic E-state index is 0.487. The van der Waals surface area contributed by atoms with Crippen molar-refractivity contribution in [2.45, 2.75) is 110 Å². The summed E-state index contributed by atoms with van der Waals surface area (Å²) in [5.41, 5.74) is 5.19. The van der Waals surface area contributed by atoms with Gasteiger partial charge in [0, 0.05) is 32.4 Å². The third-order valence-corrected chi connectivity index (χ3v) is 7.82. The summed E-state index contributed by atoms with van der Waals surface area (Å²) in [6.45, 7) is 9.25. The quantitative estimate of drug-likeness (QED) is 0.168. The molecule has 7 heteroatoms. The first-order valence-corrected chi connectivity index (χ1v) is 14.0. The van der Waals surface area contributed by atoms with E-state index in [4.69, 9.17) is 19.0 Å². The summed E-state index contributed by atoms with van der Waals surface area (Å²) >= 11 is 0. The molecule has 0 aromatic heterocycles. The lowest BCUT2D eigenvalue weighted by Crippen LogP contribution is -2.47. The number of hydrogen-bond donors (Lipinski definition) is 2. The van der Waals surface area contributed by atoms with E-state index < -0.39 is 14.8 Å². The molecule has 0 fully saturated rings. The molecule has 29 heavy (non-hydrogen) atoms. The Balaban J connectivity index is 4.75. The van der Waals surface area contributed by atoms with Crippen LogP contribution in [0.4, 0.5) is 4.79 Å². The van der Waals surface area contributed by atoms with Gasteiger partial charge in [-0.15, -0.1) is 0 Å². The van der Waals surface area contributed by atoms with E-state index >= 15 is 0 Å². The number of carbonyl (C=O) groups excluding carboxylic acids is 1. The maximum atomic E-state index is 11.0. The molecular weight excluding hydrogens is 384 g/mol. The van der Waals surface area contributed by atoms with Crippen LogP contribution in [0, 0.1) is 0 Å². The van der Waals surface area contributed by atoms with Crippen LogP contribution < -0.4 is 11.1 Å². The standard InChI is InChI=1S/C22H48N2O4Si/c1-4-7-10-13-18-26-29(21-16-17-24-22(23)25,27-19-14-11-8-5-2)28-20-15-12-9-6-3/h4-21H2,1-3H3,(H3,23,24,25). The zero-order valence-corrected chi connectivity index (χ0v) is 20.4. The Morgan fingerprint density at radius 3 is 1.45 bits per heavy atom. The van der Waals surface area contributed by atoms with Gasteiger partial charge in [-0.25, -0.2) is 4.79 Å². The lowest BCUT2D eigenvalue weighted by Gasteiger charge is -2.30. The van der Waals surface area contributed by atoms with Crippen LogP contribution in [0.15, 0.2) is 0 Å². The largest absolute Gasteiger partial charge is 0.501 e. The number of nitrogens with one attached hydrogen (secondary N) is 1. The fourth-order valence-electron chi connectivity index (χ4n) is 3.13. The Bertz CT molecular complexity index is 337. The molecule has 0 saturated heterocycles. The molecule has 6 nitrogen and oxygen atoms in total. The number of carbonyl (C=O) groups is 1. The van der Waals surface area contributed by atoms with Gasteiger partial charge in [0.05, 0.1) is 0 Å². The fraction of sp³-hybridized carbons (Fsp3) is 0.955. The van der Waals surface area contributed by atoms with Gasteiger partial charge in [-0.2, -0.15) is 0 Å². The average Bonchev–Trinajstić information content (AvgIpc) is 2.70. The van der Waals surface area contributed by atoms with E-state index in [1.807, 2.05) is 0 Å².